The van der Waals surface area contributed by atoms with Crippen LogP contribution >= 0.6 is 11.3 Å². The van der Waals surface area contributed by atoms with Crippen LogP contribution in [-0.4, -0.2) is 37.2 Å². The maximum atomic E-state index is 12.7. The molecule has 1 fully saturated rings. The zero-order valence-corrected chi connectivity index (χ0v) is 16.3. The standard InChI is InChI=1S/C18H26N6OS/c1-3-14-10-19-15(26-14)11-20-18(25)23-8-9-24-16(12(23)2)21-22-17(24)13-6-4-5-7-13/h10,12-13H,3-9,11H2,1-2H3,(H,20,25). The number of carbonyl (C=O) groups excluding carboxylic acids is 1. The molecule has 26 heavy (non-hydrogen) atoms. The van der Waals surface area contributed by atoms with Crippen LogP contribution in [0.5, 0.6) is 0 Å². The number of aryl methyl sites for hydroxylation is 1. The number of nitrogens with one attached hydrogen (secondary N) is 1. The molecule has 1 saturated carbocycles. The van der Waals surface area contributed by atoms with E-state index in [4.69, 9.17) is 0 Å². The number of rotatable bonds is 4. The Morgan fingerprint density at radius 3 is 2.77 bits per heavy atom. The maximum absolute atomic E-state index is 12.7. The van der Waals surface area contributed by atoms with Gasteiger partial charge in [0.15, 0.2) is 5.82 Å². The highest BCUT2D eigenvalue weighted by Crippen LogP contribution is 2.35. The number of fused-ring (bicyclic) bond motifs is 1. The third-order valence-electron chi connectivity index (χ3n) is 5.54. The van der Waals surface area contributed by atoms with Crippen LogP contribution in [0.25, 0.3) is 0 Å². The summed E-state index contributed by atoms with van der Waals surface area (Å²) in [6, 6.07) is -0.115. The van der Waals surface area contributed by atoms with Crippen LogP contribution in [0.1, 0.15) is 73.0 Å². The van der Waals surface area contributed by atoms with Crippen LogP contribution in [0.4, 0.5) is 4.79 Å². The summed E-state index contributed by atoms with van der Waals surface area (Å²) in [5, 5.41) is 12.9. The van der Waals surface area contributed by atoms with Crippen molar-refractivity contribution >= 4 is 17.4 Å². The van der Waals surface area contributed by atoms with Gasteiger partial charge in [-0.1, -0.05) is 19.8 Å². The molecule has 1 unspecified atom stereocenters. The Labute approximate surface area is 157 Å². The summed E-state index contributed by atoms with van der Waals surface area (Å²) in [7, 11) is 0. The second-order valence-corrected chi connectivity index (χ2v) is 8.35. The number of nitrogens with zero attached hydrogens (tertiary/aromatic N) is 5. The fourth-order valence-corrected chi connectivity index (χ4v) is 4.82. The average molecular weight is 375 g/mol. The lowest BCUT2D eigenvalue weighted by Crippen LogP contribution is -2.46. The predicted octanol–water partition coefficient (Wildman–Crippen LogP) is 3.24. The number of aromatic nitrogens is 4. The van der Waals surface area contributed by atoms with E-state index in [9.17, 15) is 4.79 Å². The van der Waals surface area contributed by atoms with Crippen molar-refractivity contribution in [1.82, 2.24) is 30.0 Å². The fraction of sp³-hybridized carbons (Fsp3) is 0.667. The van der Waals surface area contributed by atoms with E-state index in [0.717, 1.165) is 29.6 Å². The highest BCUT2D eigenvalue weighted by Gasteiger charge is 2.33. The summed E-state index contributed by atoms with van der Waals surface area (Å²) in [6.45, 7) is 6.10. The summed E-state index contributed by atoms with van der Waals surface area (Å²) in [6.07, 6.45) is 7.87. The molecule has 2 amide bonds. The smallest absolute Gasteiger partial charge is 0.318 e. The molecule has 2 aromatic rings. The maximum Gasteiger partial charge on any atom is 0.318 e. The Balaban J connectivity index is 1.41. The first-order valence-corrected chi connectivity index (χ1v) is 10.4. The predicted molar refractivity (Wildman–Crippen MR) is 100 cm³/mol. The summed E-state index contributed by atoms with van der Waals surface area (Å²) >= 11 is 1.66. The van der Waals surface area contributed by atoms with Gasteiger partial charge in [0.1, 0.15) is 10.8 Å². The molecule has 0 radical (unpaired) electrons. The molecule has 3 heterocycles. The minimum absolute atomic E-state index is 0.0533. The van der Waals surface area contributed by atoms with Gasteiger partial charge in [-0.05, 0) is 26.2 Å². The van der Waals surface area contributed by atoms with Gasteiger partial charge in [0.05, 0.1) is 12.6 Å². The molecule has 2 aromatic heterocycles. The lowest BCUT2D eigenvalue weighted by Gasteiger charge is -2.34. The largest absolute Gasteiger partial charge is 0.331 e. The van der Waals surface area contributed by atoms with Crippen LogP contribution in [0.15, 0.2) is 6.20 Å². The van der Waals surface area contributed by atoms with Crippen molar-refractivity contribution in [3.05, 3.63) is 27.7 Å². The number of hydrogen-bond donors (Lipinski definition) is 1. The van der Waals surface area contributed by atoms with E-state index in [1.54, 1.807) is 11.3 Å². The van der Waals surface area contributed by atoms with Gasteiger partial charge in [0.25, 0.3) is 0 Å². The van der Waals surface area contributed by atoms with E-state index in [-0.39, 0.29) is 12.1 Å². The van der Waals surface area contributed by atoms with Crippen molar-refractivity contribution in [3.63, 3.8) is 0 Å². The van der Waals surface area contributed by atoms with Crippen LogP contribution in [-0.2, 0) is 19.5 Å². The quantitative estimate of drug-likeness (QED) is 0.891. The topological polar surface area (TPSA) is 75.9 Å². The number of amides is 2. The molecule has 1 atom stereocenters. The van der Waals surface area contributed by atoms with Gasteiger partial charge in [-0.2, -0.15) is 0 Å². The lowest BCUT2D eigenvalue weighted by molar-refractivity contribution is 0.158. The first kappa shape index (κ1) is 17.5. The highest BCUT2D eigenvalue weighted by molar-refractivity contribution is 7.11. The summed E-state index contributed by atoms with van der Waals surface area (Å²) < 4.78 is 2.25. The summed E-state index contributed by atoms with van der Waals surface area (Å²) in [4.78, 5) is 20.1. The molecule has 7 nitrogen and oxygen atoms in total. The minimum atomic E-state index is -0.0612. The van der Waals surface area contributed by atoms with Crippen LogP contribution in [0.3, 0.4) is 0 Å². The molecular formula is C18H26N6OS. The van der Waals surface area contributed by atoms with Gasteiger partial charge < -0.3 is 14.8 Å². The second kappa shape index (κ2) is 7.34. The van der Waals surface area contributed by atoms with Gasteiger partial charge in [-0.15, -0.1) is 21.5 Å². The first-order chi connectivity index (χ1) is 12.7. The number of hydrogen-bond acceptors (Lipinski definition) is 5. The molecule has 0 bridgehead atoms. The Bertz CT molecular complexity index is 778. The third-order valence-corrected chi connectivity index (χ3v) is 6.68. The highest BCUT2D eigenvalue weighted by atomic mass is 32.1. The van der Waals surface area contributed by atoms with Crippen molar-refractivity contribution < 1.29 is 4.79 Å². The Morgan fingerprint density at radius 2 is 2.04 bits per heavy atom. The minimum Gasteiger partial charge on any atom is -0.331 e. The van der Waals surface area contributed by atoms with Gasteiger partial charge in [-0.3, -0.25) is 0 Å². The molecular weight excluding hydrogens is 348 g/mol. The number of urea groups is 1. The lowest BCUT2D eigenvalue weighted by atomic mass is 10.1. The van der Waals surface area contributed by atoms with Crippen molar-refractivity contribution in [2.75, 3.05) is 6.54 Å². The summed E-state index contributed by atoms with van der Waals surface area (Å²) in [5.74, 6) is 2.58. The zero-order valence-electron chi connectivity index (χ0n) is 15.4. The molecule has 4 rings (SSSR count). The first-order valence-electron chi connectivity index (χ1n) is 9.58. The SMILES string of the molecule is CCc1cnc(CNC(=O)N2CCn3c(C4CCCC4)nnc3C2C)s1. The molecule has 140 valence electrons. The Morgan fingerprint density at radius 1 is 1.27 bits per heavy atom. The molecule has 0 aromatic carbocycles. The van der Waals surface area contributed by atoms with Gasteiger partial charge in [0, 0.05) is 30.1 Å². The van der Waals surface area contributed by atoms with E-state index in [1.165, 1.54) is 30.6 Å². The van der Waals surface area contributed by atoms with Crippen molar-refractivity contribution in [1.29, 1.82) is 0 Å². The number of thiazole rings is 1. The molecule has 0 spiro atoms. The Kier molecular flexibility index (Phi) is 4.93. The van der Waals surface area contributed by atoms with Crippen LogP contribution in [0, 0.1) is 0 Å². The van der Waals surface area contributed by atoms with E-state index >= 15 is 0 Å². The van der Waals surface area contributed by atoms with Crippen molar-refractivity contribution in [2.45, 2.75) is 71.0 Å². The van der Waals surface area contributed by atoms with Gasteiger partial charge >= 0.3 is 6.03 Å². The van der Waals surface area contributed by atoms with E-state index in [1.807, 2.05) is 18.0 Å². The molecule has 1 aliphatic heterocycles. The molecule has 2 aliphatic rings. The molecule has 1 aliphatic carbocycles. The van der Waals surface area contributed by atoms with E-state index < -0.39 is 0 Å². The fourth-order valence-electron chi connectivity index (χ4n) is 4.02. The van der Waals surface area contributed by atoms with Crippen LogP contribution < -0.4 is 5.32 Å². The molecule has 8 heteroatoms. The third kappa shape index (κ3) is 3.22. The normalized spacial score (nSPS) is 20.4. The van der Waals surface area contributed by atoms with E-state index in [0.29, 0.717) is 19.0 Å². The second-order valence-electron chi connectivity index (χ2n) is 7.15. The molecule has 1 N–H and O–H groups in total. The van der Waals surface area contributed by atoms with Crippen molar-refractivity contribution in [3.8, 4) is 0 Å². The van der Waals surface area contributed by atoms with Gasteiger partial charge in [0.2, 0.25) is 0 Å². The average Bonchev–Trinajstić information content (AvgIpc) is 3.39. The summed E-state index contributed by atoms with van der Waals surface area (Å²) in [5.41, 5.74) is 0. The van der Waals surface area contributed by atoms with Crippen molar-refractivity contribution in [2.24, 2.45) is 0 Å². The monoisotopic (exact) mass is 374 g/mol. The van der Waals surface area contributed by atoms with E-state index in [2.05, 4.69) is 32.0 Å². The Hall–Kier alpha value is -1.96. The van der Waals surface area contributed by atoms with Crippen LogP contribution in [0.2, 0.25) is 0 Å². The molecule has 0 saturated heterocycles. The van der Waals surface area contributed by atoms with Gasteiger partial charge in [-0.25, -0.2) is 9.78 Å². The zero-order chi connectivity index (χ0) is 18.1. The number of carbonyl (C=O) groups is 1.